The Morgan fingerprint density at radius 1 is 1.24 bits per heavy atom. The van der Waals surface area contributed by atoms with Crippen molar-refractivity contribution in [2.45, 2.75) is 57.9 Å². The highest BCUT2D eigenvalue weighted by molar-refractivity contribution is 5.97. The van der Waals surface area contributed by atoms with Crippen molar-refractivity contribution in [2.24, 2.45) is 0 Å². The van der Waals surface area contributed by atoms with E-state index in [1.807, 2.05) is 32.0 Å². The van der Waals surface area contributed by atoms with E-state index in [-0.39, 0.29) is 5.91 Å². The normalized spacial score (nSPS) is 16.4. The molecule has 3 rings (SSSR count). The van der Waals surface area contributed by atoms with Crippen LogP contribution in [0.4, 0.5) is 0 Å². The number of hydrogen-bond acceptors (Lipinski definition) is 5. The van der Waals surface area contributed by atoms with Gasteiger partial charge in [-0.2, -0.15) is 4.98 Å². The van der Waals surface area contributed by atoms with Gasteiger partial charge in [-0.05, 0) is 31.9 Å². The molecule has 1 amide bonds. The van der Waals surface area contributed by atoms with Crippen LogP contribution in [0.5, 0.6) is 5.75 Å². The van der Waals surface area contributed by atoms with E-state index in [0.717, 1.165) is 32.1 Å². The highest BCUT2D eigenvalue weighted by Crippen LogP contribution is 2.37. The van der Waals surface area contributed by atoms with Crippen LogP contribution in [0, 0.1) is 0 Å². The van der Waals surface area contributed by atoms with Gasteiger partial charge < -0.3 is 14.6 Å². The van der Waals surface area contributed by atoms with Crippen molar-refractivity contribution in [2.75, 3.05) is 6.61 Å². The van der Waals surface area contributed by atoms with Gasteiger partial charge in [0.2, 0.25) is 0 Å². The minimum absolute atomic E-state index is 0.165. The third kappa shape index (κ3) is 3.67. The van der Waals surface area contributed by atoms with Crippen LogP contribution >= 0.6 is 0 Å². The van der Waals surface area contributed by atoms with Gasteiger partial charge in [-0.3, -0.25) is 4.79 Å². The van der Waals surface area contributed by atoms with Gasteiger partial charge in [0.05, 0.1) is 12.2 Å². The van der Waals surface area contributed by atoms with Crippen molar-refractivity contribution in [1.29, 1.82) is 0 Å². The molecule has 0 saturated heterocycles. The van der Waals surface area contributed by atoms with Crippen molar-refractivity contribution in [3.05, 3.63) is 41.5 Å². The van der Waals surface area contributed by atoms with E-state index in [0.29, 0.717) is 36.1 Å². The molecular formula is C19H25N3O3. The predicted molar refractivity (Wildman–Crippen MR) is 93.5 cm³/mol. The maximum Gasteiger partial charge on any atom is 0.255 e. The summed E-state index contributed by atoms with van der Waals surface area (Å²) < 4.78 is 11.1. The van der Waals surface area contributed by atoms with Crippen LogP contribution in [0.25, 0.3) is 0 Å². The molecule has 1 aliphatic carbocycles. The van der Waals surface area contributed by atoms with Gasteiger partial charge in [0.15, 0.2) is 5.82 Å². The largest absolute Gasteiger partial charge is 0.493 e. The standard InChI is InChI=1S/C19H25N3O3/c1-3-16-20-18(25-22-16)19(12-8-5-9-13-19)21-17(23)14-10-6-7-11-15(14)24-4-2/h6-7,10-11H,3-5,8-9,12-13H2,1-2H3,(H,21,23). The van der Waals surface area contributed by atoms with Gasteiger partial charge in [0, 0.05) is 6.42 Å². The van der Waals surface area contributed by atoms with Crippen LogP contribution in [0.15, 0.2) is 28.8 Å². The summed E-state index contributed by atoms with van der Waals surface area (Å²) in [5, 5.41) is 7.21. The van der Waals surface area contributed by atoms with Gasteiger partial charge in [-0.15, -0.1) is 0 Å². The molecule has 1 aromatic carbocycles. The van der Waals surface area contributed by atoms with E-state index in [1.165, 1.54) is 0 Å². The first-order valence-corrected chi connectivity index (χ1v) is 9.06. The molecular weight excluding hydrogens is 318 g/mol. The predicted octanol–water partition coefficient (Wildman–Crippen LogP) is 3.62. The molecule has 0 bridgehead atoms. The smallest absolute Gasteiger partial charge is 0.255 e. The van der Waals surface area contributed by atoms with Gasteiger partial charge in [-0.25, -0.2) is 0 Å². The summed E-state index contributed by atoms with van der Waals surface area (Å²) >= 11 is 0. The average Bonchev–Trinajstić information content (AvgIpc) is 3.13. The number of carbonyl (C=O) groups is 1. The Bertz CT molecular complexity index is 720. The number of nitrogens with one attached hydrogen (secondary N) is 1. The number of aromatic nitrogens is 2. The maximum atomic E-state index is 13.0. The molecule has 0 aliphatic heterocycles. The molecule has 2 aromatic rings. The average molecular weight is 343 g/mol. The number of amides is 1. The highest BCUT2D eigenvalue weighted by atomic mass is 16.5. The molecule has 1 heterocycles. The SMILES string of the molecule is CCOc1ccccc1C(=O)NC1(c2nc(CC)no2)CCCCC1. The van der Waals surface area contributed by atoms with Crippen LogP contribution < -0.4 is 10.1 Å². The summed E-state index contributed by atoms with van der Waals surface area (Å²) in [6, 6.07) is 7.30. The van der Waals surface area contributed by atoms with Crippen molar-refractivity contribution in [3.63, 3.8) is 0 Å². The van der Waals surface area contributed by atoms with Gasteiger partial charge in [0.1, 0.15) is 11.3 Å². The Morgan fingerprint density at radius 2 is 2.00 bits per heavy atom. The van der Waals surface area contributed by atoms with Crippen LogP contribution in [-0.2, 0) is 12.0 Å². The molecule has 0 unspecified atom stereocenters. The number of carbonyl (C=O) groups excluding carboxylic acids is 1. The number of nitrogens with zero attached hydrogens (tertiary/aromatic N) is 2. The Morgan fingerprint density at radius 3 is 2.68 bits per heavy atom. The van der Waals surface area contributed by atoms with E-state index in [4.69, 9.17) is 9.26 Å². The monoisotopic (exact) mass is 343 g/mol. The lowest BCUT2D eigenvalue weighted by atomic mass is 9.81. The number of rotatable bonds is 6. The molecule has 6 nitrogen and oxygen atoms in total. The summed E-state index contributed by atoms with van der Waals surface area (Å²) in [5.74, 6) is 1.62. The lowest BCUT2D eigenvalue weighted by Crippen LogP contribution is -2.47. The molecule has 1 fully saturated rings. The number of benzene rings is 1. The van der Waals surface area contributed by atoms with Crippen LogP contribution in [0.3, 0.4) is 0 Å². The first-order chi connectivity index (χ1) is 12.2. The molecule has 0 atom stereocenters. The minimum Gasteiger partial charge on any atom is -0.493 e. The van der Waals surface area contributed by atoms with Crippen LogP contribution in [0.1, 0.15) is 68.0 Å². The van der Waals surface area contributed by atoms with Gasteiger partial charge in [0.25, 0.3) is 11.8 Å². The molecule has 6 heteroatoms. The van der Waals surface area contributed by atoms with E-state index >= 15 is 0 Å². The van der Waals surface area contributed by atoms with E-state index < -0.39 is 5.54 Å². The van der Waals surface area contributed by atoms with E-state index in [1.54, 1.807) is 6.07 Å². The molecule has 1 N–H and O–H groups in total. The van der Waals surface area contributed by atoms with Crippen LogP contribution in [-0.4, -0.2) is 22.7 Å². The van der Waals surface area contributed by atoms with Crippen molar-refractivity contribution in [3.8, 4) is 5.75 Å². The maximum absolute atomic E-state index is 13.0. The zero-order valence-electron chi connectivity index (χ0n) is 14.9. The van der Waals surface area contributed by atoms with Gasteiger partial charge in [-0.1, -0.05) is 43.5 Å². The second-order valence-corrected chi connectivity index (χ2v) is 6.40. The third-order valence-electron chi connectivity index (χ3n) is 4.69. The zero-order valence-corrected chi connectivity index (χ0v) is 14.9. The lowest BCUT2D eigenvalue weighted by Gasteiger charge is -2.34. The Hall–Kier alpha value is -2.37. The highest BCUT2D eigenvalue weighted by Gasteiger charge is 2.41. The molecule has 0 radical (unpaired) electrons. The van der Waals surface area contributed by atoms with E-state index in [9.17, 15) is 4.79 Å². The number of ether oxygens (including phenoxy) is 1. The summed E-state index contributed by atoms with van der Waals surface area (Å²) in [6.45, 7) is 4.40. The fourth-order valence-corrected chi connectivity index (χ4v) is 3.36. The quantitative estimate of drug-likeness (QED) is 0.867. The summed E-state index contributed by atoms with van der Waals surface area (Å²) in [5.41, 5.74) is -0.0562. The lowest BCUT2D eigenvalue weighted by molar-refractivity contribution is 0.0821. The number of hydrogen-bond donors (Lipinski definition) is 1. The van der Waals surface area contributed by atoms with Crippen molar-refractivity contribution in [1.82, 2.24) is 15.5 Å². The molecule has 0 spiro atoms. The summed E-state index contributed by atoms with van der Waals surface area (Å²) in [4.78, 5) is 17.5. The topological polar surface area (TPSA) is 77.2 Å². The Labute approximate surface area is 148 Å². The fraction of sp³-hybridized carbons (Fsp3) is 0.526. The van der Waals surface area contributed by atoms with Crippen molar-refractivity contribution < 1.29 is 14.1 Å². The number of aryl methyl sites for hydroxylation is 1. The van der Waals surface area contributed by atoms with Gasteiger partial charge >= 0.3 is 0 Å². The first-order valence-electron chi connectivity index (χ1n) is 9.06. The molecule has 1 aliphatic rings. The molecule has 1 aromatic heterocycles. The van der Waals surface area contributed by atoms with E-state index in [2.05, 4.69) is 15.5 Å². The molecule has 25 heavy (non-hydrogen) atoms. The zero-order chi connectivity index (χ0) is 17.7. The van der Waals surface area contributed by atoms with Crippen LogP contribution in [0.2, 0.25) is 0 Å². The second-order valence-electron chi connectivity index (χ2n) is 6.40. The molecule has 1 saturated carbocycles. The summed E-state index contributed by atoms with van der Waals surface area (Å²) in [6.07, 6.45) is 5.53. The Balaban J connectivity index is 1.89. The third-order valence-corrected chi connectivity index (χ3v) is 4.69. The summed E-state index contributed by atoms with van der Waals surface area (Å²) in [7, 11) is 0. The fourth-order valence-electron chi connectivity index (χ4n) is 3.36. The minimum atomic E-state index is -0.588. The van der Waals surface area contributed by atoms with Crippen molar-refractivity contribution >= 4 is 5.91 Å². The molecule has 134 valence electrons. The Kier molecular flexibility index (Phi) is 5.36. The number of para-hydroxylation sites is 1. The first kappa shape index (κ1) is 17.5. The second kappa shape index (κ2) is 7.68.